The van der Waals surface area contributed by atoms with Crippen LogP contribution >= 0.6 is 15.9 Å². The zero-order valence-electron chi connectivity index (χ0n) is 12.8. The number of nitrogens with one attached hydrogen (secondary N) is 1. The monoisotopic (exact) mass is 427 g/mol. The SMILES string of the molecule is O=C(Cn1nc(C(F)F)c2cc(Br)ccc2c1=O)Nc1ncc(F)cn1. The molecule has 2 aromatic heterocycles. The predicted octanol–water partition coefficient (Wildman–Crippen LogP) is 2.66. The largest absolute Gasteiger partial charge is 0.293 e. The van der Waals surface area contributed by atoms with Crippen LogP contribution in [0.15, 0.2) is 39.9 Å². The van der Waals surface area contributed by atoms with Gasteiger partial charge in [-0.15, -0.1) is 0 Å². The van der Waals surface area contributed by atoms with Crippen LogP contribution in [0.5, 0.6) is 0 Å². The number of halogens is 4. The quantitative estimate of drug-likeness (QED) is 0.691. The molecule has 0 aliphatic heterocycles. The summed E-state index contributed by atoms with van der Waals surface area (Å²) in [6, 6.07) is 4.25. The molecule has 0 spiro atoms. The van der Waals surface area contributed by atoms with E-state index in [9.17, 15) is 22.8 Å². The summed E-state index contributed by atoms with van der Waals surface area (Å²) in [6.07, 6.45) is -1.26. The first-order valence-electron chi connectivity index (χ1n) is 7.11. The van der Waals surface area contributed by atoms with Gasteiger partial charge in [0.25, 0.3) is 12.0 Å². The van der Waals surface area contributed by atoms with E-state index in [2.05, 4.69) is 36.3 Å². The maximum Gasteiger partial charge on any atom is 0.282 e. The van der Waals surface area contributed by atoms with Crippen LogP contribution in [-0.4, -0.2) is 25.7 Å². The lowest BCUT2D eigenvalue weighted by molar-refractivity contribution is -0.117. The van der Waals surface area contributed by atoms with Crippen LogP contribution in [0.2, 0.25) is 0 Å². The van der Waals surface area contributed by atoms with Crippen LogP contribution in [-0.2, 0) is 11.3 Å². The Kier molecular flexibility index (Phi) is 4.98. The molecule has 0 saturated heterocycles. The molecule has 0 saturated carbocycles. The highest BCUT2D eigenvalue weighted by Gasteiger charge is 2.19. The number of nitrogens with zero attached hydrogens (tertiary/aromatic N) is 4. The smallest absolute Gasteiger partial charge is 0.282 e. The number of aromatic nitrogens is 4. The van der Waals surface area contributed by atoms with E-state index >= 15 is 0 Å². The number of amides is 1. The average Bonchev–Trinajstić information content (AvgIpc) is 2.59. The molecule has 134 valence electrons. The summed E-state index contributed by atoms with van der Waals surface area (Å²) < 4.78 is 40.5. The van der Waals surface area contributed by atoms with Crippen LogP contribution in [0, 0.1) is 5.82 Å². The number of rotatable bonds is 4. The van der Waals surface area contributed by atoms with Crippen molar-refractivity contribution >= 4 is 38.6 Å². The average molecular weight is 428 g/mol. The molecule has 3 rings (SSSR count). The van der Waals surface area contributed by atoms with Gasteiger partial charge in [-0.05, 0) is 18.2 Å². The number of alkyl halides is 2. The van der Waals surface area contributed by atoms with E-state index in [1.165, 1.54) is 18.2 Å². The second-order valence-corrected chi connectivity index (χ2v) is 6.03. The lowest BCUT2D eigenvalue weighted by Crippen LogP contribution is -2.31. The van der Waals surface area contributed by atoms with Crippen molar-refractivity contribution in [3.8, 4) is 0 Å². The minimum atomic E-state index is -2.94. The number of benzene rings is 1. The Balaban J connectivity index is 1.95. The Morgan fingerprint density at radius 2 is 1.92 bits per heavy atom. The number of carbonyl (C=O) groups is 1. The van der Waals surface area contributed by atoms with E-state index in [-0.39, 0.29) is 16.7 Å². The Labute approximate surface area is 152 Å². The second-order valence-electron chi connectivity index (χ2n) is 5.11. The van der Waals surface area contributed by atoms with E-state index < -0.39 is 35.9 Å². The van der Waals surface area contributed by atoms with Crippen molar-refractivity contribution in [2.75, 3.05) is 5.32 Å². The summed E-state index contributed by atoms with van der Waals surface area (Å²) in [4.78, 5) is 31.5. The summed E-state index contributed by atoms with van der Waals surface area (Å²) in [6.45, 7) is -0.634. The number of hydrogen-bond acceptors (Lipinski definition) is 5. The minimum absolute atomic E-state index is 0.00194. The van der Waals surface area contributed by atoms with Gasteiger partial charge in [-0.1, -0.05) is 15.9 Å². The molecular weight excluding hydrogens is 419 g/mol. The molecule has 11 heteroatoms. The molecule has 3 aromatic rings. The van der Waals surface area contributed by atoms with Crippen molar-refractivity contribution in [2.45, 2.75) is 13.0 Å². The third kappa shape index (κ3) is 3.72. The highest BCUT2D eigenvalue weighted by Crippen LogP contribution is 2.26. The molecule has 2 heterocycles. The van der Waals surface area contributed by atoms with Crippen molar-refractivity contribution in [3.63, 3.8) is 0 Å². The van der Waals surface area contributed by atoms with Gasteiger partial charge in [0, 0.05) is 9.86 Å². The van der Waals surface area contributed by atoms with Crippen molar-refractivity contribution in [1.29, 1.82) is 0 Å². The van der Waals surface area contributed by atoms with Crippen molar-refractivity contribution in [1.82, 2.24) is 19.7 Å². The fourth-order valence-corrected chi connectivity index (χ4v) is 2.59. The first-order chi connectivity index (χ1) is 12.3. The number of anilines is 1. The minimum Gasteiger partial charge on any atom is -0.293 e. The molecule has 26 heavy (non-hydrogen) atoms. The third-order valence-electron chi connectivity index (χ3n) is 3.32. The Bertz CT molecular complexity index is 1040. The molecule has 1 amide bonds. The third-order valence-corrected chi connectivity index (χ3v) is 3.82. The summed E-state index contributed by atoms with van der Waals surface area (Å²) in [5, 5.41) is 5.84. The molecule has 0 aliphatic rings. The van der Waals surface area contributed by atoms with Crippen LogP contribution < -0.4 is 10.9 Å². The molecule has 0 radical (unpaired) electrons. The fourth-order valence-electron chi connectivity index (χ4n) is 2.23. The Morgan fingerprint density at radius 1 is 1.23 bits per heavy atom. The molecule has 7 nitrogen and oxygen atoms in total. The van der Waals surface area contributed by atoms with Gasteiger partial charge in [-0.25, -0.2) is 27.8 Å². The molecule has 0 fully saturated rings. The lowest BCUT2D eigenvalue weighted by atomic mass is 10.1. The first-order valence-corrected chi connectivity index (χ1v) is 7.90. The van der Waals surface area contributed by atoms with Crippen molar-refractivity contribution in [2.24, 2.45) is 0 Å². The van der Waals surface area contributed by atoms with Gasteiger partial charge in [-0.3, -0.25) is 14.9 Å². The van der Waals surface area contributed by atoms with Crippen molar-refractivity contribution < 1.29 is 18.0 Å². The Morgan fingerprint density at radius 3 is 2.58 bits per heavy atom. The molecule has 1 N–H and O–H groups in total. The van der Waals surface area contributed by atoms with Crippen LogP contribution in [0.4, 0.5) is 19.1 Å². The molecule has 0 atom stereocenters. The van der Waals surface area contributed by atoms with Gasteiger partial charge in [0.05, 0.1) is 17.8 Å². The standard InChI is InChI=1S/C15H9BrF3N5O2/c16-7-1-2-9-10(3-7)12(13(18)19)23-24(14(9)26)6-11(25)22-15-20-4-8(17)5-21-15/h1-5,13H,6H2,(H,20,21,22,25). The van der Waals surface area contributed by atoms with Gasteiger partial charge in [-0.2, -0.15) is 5.10 Å². The Hall–Kier alpha value is -2.82. The fraction of sp³-hybridized carbons (Fsp3) is 0.133. The first kappa shape index (κ1) is 18.0. The van der Waals surface area contributed by atoms with E-state index in [0.29, 0.717) is 9.15 Å². The zero-order valence-corrected chi connectivity index (χ0v) is 14.4. The van der Waals surface area contributed by atoms with Gasteiger partial charge in [0.15, 0.2) is 5.82 Å². The van der Waals surface area contributed by atoms with Gasteiger partial charge in [0.1, 0.15) is 12.2 Å². The molecule has 0 aliphatic carbocycles. The zero-order chi connectivity index (χ0) is 18.8. The van der Waals surface area contributed by atoms with Gasteiger partial charge in [0.2, 0.25) is 11.9 Å². The maximum absolute atomic E-state index is 13.3. The van der Waals surface area contributed by atoms with E-state index in [1.54, 1.807) is 0 Å². The molecule has 1 aromatic carbocycles. The van der Waals surface area contributed by atoms with E-state index in [4.69, 9.17) is 0 Å². The van der Waals surface area contributed by atoms with Crippen LogP contribution in [0.1, 0.15) is 12.1 Å². The number of carbonyl (C=O) groups excluding carboxylic acids is 1. The van der Waals surface area contributed by atoms with Gasteiger partial charge >= 0.3 is 0 Å². The normalized spacial score (nSPS) is 11.1. The molecule has 0 unspecified atom stereocenters. The summed E-state index contributed by atoms with van der Waals surface area (Å²) in [7, 11) is 0. The predicted molar refractivity (Wildman–Crippen MR) is 89.3 cm³/mol. The summed E-state index contributed by atoms with van der Waals surface area (Å²) in [5.41, 5.74) is -1.32. The number of hydrogen-bond donors (Lipinski definition) is 1. The molecule has 0 bridgehead atoms. The lowest BCUT2D eigenvalue weighted by Gasteiger charge is -2.10. The maximum atomic E-state index is 13.3. The second kappa shape index (κ2) is 7.20. The van der Waals surface area contributed by atoms with E-state index in [1.807, 2.05) is 0 Å². The van der Waals surface area contributed by atoms with Crippen LogP contribution in [0.3, 0.4) is 0 Å². The summed E-state index contributed by atoms with van der Waals surface area (Å²) in [5.74, 6) is -1.66. The summed E-state index contributed by atoms with van der Waals surface area (Å²) >= 11 is 3.15. The highest BCUT2D eigenvalue weighted by molar-refractivity contribution is 9.10. The highest BCUT2D eigenvalue weighted by atomic mass is 79.9. The van der Waals surface area contributed by atoms with Gasteiger partial charge < -0.3 is 0 Å². The van der Waals surface area contributed by atoms with E-state index in [0.717, 1.165) is 12.4 Å². The topological polar surface area (TPSA) is 89.8 Å². The van der Waals surface area contributed by atoms with Crippen molar-refractivity contribution in [3.05, 3.63) is 56.9 Å². The number of fused-ring (bicyclic) bond motifs is 1. The van der Waals surface area contributed by atoms with Crippen LogP contribution in [0.25, 0.3) is 10.8 Å². The molecular formula is C15H9BrF3N5O2.